The summed E-state index contributed by atoms with van der Waals surface area (Å²) in [5.41, 5.74) is 1.39. The Balaban J connectivity index is 2.48. The Bertz CT molecular complexity index is 488. The average Bonchev–Trinajstić information content (AvgIpc) is 2.44. The highest BCUT2D eigenvalue weighted by atomic mass is 16.5. The number of benzene rings is 1. The van der Waals surface area contributed by atoms with Crippen LogP contribution >= 0.6 is 0 Å². The van der Waals surface area contributed by atoms with E-state index in [1.807, 2.05) is 0 Å². The average molecular weight is 297 g/mol. The van der Waals surface area contributed by atoms with E-state index < -0.39 is 12.6 Å². The number of aryl methyl sites for hydroxylation is 1. The molecule has 0 fully saturated rings. The fourth-order valence-electron chi connectivity index (χ4n) is 1.50. The van der Waals surface area contributed by atoms with Crippen LogP contribution in [0.2, 0.25) is 0 Å². The molecule has 0 saturated carbocycles. The molecule has 2 N–H and O–H groups in total. The van der Waals surface area contributed by atoms with Gasteiger partial charge in [-0.25, -0.2) is 4.79 Å². The van der Waals surface area contributed by atoms with Gasteiger partial charge in [-0.15, -0.1) is 0 Å². The first-order valence-corrected chi connectivity index (χ1v) is 6.34. The number of nitrogens with one attached hydrogen (secondary N) is 1. The number of hydrogen-bond acceptors (Lipinski definition) is 5. The van der Waals surface area contributed by atoms with Gasteiger partial charge >= 0.3 is 5.97 Å². The molecule has 0 spiro atoms. The summed E-state index contributed by atoms with van der Waals surface area (Å²) in [6.07, 6.45) is 0. The summed E-state index contributed by atoms with van der Waals surface area (Å²) in [6, 6.07) is 4.90. The molecule has 1 rings (SSSR count). The highest BCUT2D eigenvalue weighted by Crippen LogP contribution is 2.21. The minimum atomic E-state index is -1.04. The lowest BCUT2D eigenvalue weighted by Gasteiger charge is -2.11. The summed E-state index contributed by atoms with van der Waals surface area (Å²) in [6.45, 7) is 2.11. The number of ether oxygens (including phenoxy) is 3. The van der Waals surface area contributed by atoms with Crippen LogP contribution in [0.1, 0.15) is 5.56 Å². The van der Waals surface area contributed by atoms with E-state index in [1.165, 1.54) is 0 Å². The van der Waals surface area contributed by atoms with Crippen LogP contribution in [-0.4, -0.2) is 50.5 Å². The van der Waals surface area contributed by atoms with Gasteiger partial charge < -0.3 is 24.6 Å². The van der Waals surface area contributed by atoms with Crippen molar-refractivity contribution < 1.29 is 28.9 Å². The van der Waals surface area contributed by atoms with Crippen molar-refractivity contribution in [2.45, 2.75) is 6.92 Å². The number of amides is 1. The van der Waals surface area contributed by atoms with Crippen molar-refractivity contribution in [3.05, 3.63) is 23.8 Å². The third-order valence-corrected chi connectivity index (χ3v) is 2.50. The highest BCUT2D eigenvalue weighted by Gasteiger charge is 2.07. The molecule has 7 nitrogen and oxygen atoms in total. The highest BCUT2D eigenvalue weighted by molar-refractivity contribution is 5.92. The molecule has 0 heterocycles. The van der Waals surface area contributed by atoms with Crippen molar-refractivity contribution in [1.82, 2.24) is 0 Å². The molecule has 0 saturated heterocycles. The number of carbonyl (C=O) groups is 2. The zero-order chi connectivity index (χ0) is 15.7. The first-order valence-electron chi connectivity index (χ1n) is 6.34. The van der Waals surface area contributed by atoms with Gasteiger partial charge in [0.1, 0.15) is 12.4 Å². The smallest absolute Gasteiger partial charge is 0.341 e. The summed E-state index contributed by atoms with van der Waals surface area (Å²) in [5, 5.41) is 11.2. The van der Waals surface area contributed by atoms with Crippen LogP contribution in [0.15, 0.2) is 18.2 Å². The fraction of sp³-hybridized carbons (Fsp3) is 0.429. The van der Waals surface area contributed by atoms with Gasteiger partial charge in [-0.2, -0.15) is 0 Å². The number of rotatable bonds is 9. The van der Waals surface area contributed by atoms with Gasteiger partial charge in [0, 0.05) is 12.8 Å². The van der Waals surface area contributed by atoms with E-state index in [1.54, 1.807) is 32.2 Å². The summed E-state index contributed by atoms with van der Waals surface area (Å²) in [4.78, 5) is 22.1. The van der Waals surface area contributed by atoms with E-state index in [2.05, 4.69) is 5.32 Å². The molecule has 7 heteroatoms. The molecule has 0 bridgehead atoms. The summed E-state index contributed by atoms with van der Waals surface area (Å²) >= 11 is 0. The Hall–Kier alpha value is -2.12. The molecule has 0 unspecified atom stereocenters. The zero-order valence-electron chi connectivity index (χ0n) is 12.0. The SMILES string of the molecule is COCCOCC(=O)Nc1ccc(OCC(=O)O)cc1C. The van der Waals surface area contributed by atoms with E-state index in [9.17, 15) is 9.59 Å². The van der Waals surface area contributed by atoms with E-state index in [4.69, 9.17) is 19.3 Å². The molecule has 0 radical (unpaired) electrons. The maximum atomic E-state index is 11.6. The van der Waals surface area contributed by atoms with Gasteiger partial charge in [0.15, 0.2) is 6.61 Å². The third kappa shape index (κ3) is 6.73. The van der Waals surface area contributed by atoms with Crippen LogP contribution in [0.5, 0.6) is 5.75 Å². The number of methoxy groups -OCH3 is 1. The summed E-state index contributed by atoms with van der Waals surface area (Å²) < 4.78 is 15.0. The molecule has 1 amide bonds. The maximum Gasteiger partial charge on any atom is 0.341 e. The molecular weight excluding hydrogens is 278 g/mol. The Labute approximate surface area is 122 Å². The van der Waals surface area contributed by atoms with Crippen LogP contribution in [0, 0.1) is 6.92 Å². The lowest BCUT2D eigenvalue weighted by atomic mass is 10.2. The standard InChI is InChI=1S/C14H19NO6/c1-10-7-11(21-9-14(17)18)3-4-12(10)15-13(16)8-20-6-5-19-2/h3-4,7H,5-6,8-9H2,1-2H3,(H,15,16)(H,17,18). The molecule has 0 atom stereocenters. The topological polar surface area (TPSA) is 94.1 Å². The number of carbonyl (C=O) groups excluding carboxylic acids is 1. The Morgan fingerprint density at radius 3 is 2.62 bits per heavy atom. The Morgan fingerprint density at radius 1 is 1.24 bits per heavy atom. The van der Waals surface area contributed by atoms with Gasteiger partial charge in [0.05, 0.1) is 13.2 Å². The van der Waals surface area contributed by atoms with Crippen molar-refractivity contribution in [2.75, 3.05) is 38.9 Å². The predicted molar refractivity (Wildman–Crippen MR) is 75.6 cm³/mol. The monoisotopic (exact) mass is 297 g/mol. The van der Waals surface area contributed by atoms with Crippen molar-refractivity contribution in [3.63, 3.8) is 0 Å². The molecule has 116 valence electrons. The van der Waals surface area contributed by atoms with Crippen molar-refractivity contribution in [2.24, 2.45) is 0 Å². The molecule has 1 aromatic rings. The lowest BCUT2D eigenvalue weighted by Crippen LogP contribution is -2.20. The Kier molecular flexibility index (Phi) is 7.20. The minimum Gasteiger partial charge on any atom is -0.482 e. The van der Waals surface area contributed by atoms with Crippen LogP contribution in [0.4, 0.5) is 5.69 Å². The number of carboxylic acids is 1. The molecule has 0 aromatic heterocycles. The second-order valence-corrected chi connectivity index (χ2v) is 4.25. The van der Waals surface area contributed by atoms with Gasteiger partial charge in [-0.1, -0.05) is 0 Å². The van der Waals surface area contributed by atoms with E-state index in [0.717, 1.165) is 5.56 Å². The number of aliphatic carboxylic acids is 1. The zero-order valence-corrected chi connectivity index (χ0v) is 12.0. The summed E-state index contributed by atoms with van der Waals surface area (Å²) in [5.74, 6) is -0.879. The van der Waals surface area contributed by atoms with Crippen LogP contribution in [0.3, 0.4) is 0 Å². The first kappa shape index (κ1) is 16.9. The molecule has 21 heavy (non-hydrogen) atoms. The van der Waals surface area contributed by atoms with Crippen molar-refractivity contribution in [1.29, 1.82) is 0 Å². The molecular formula is C14H19NO6. The van der Waals surface area contributed by atoms with Gasteiger partial charge in [0.2, 0.25) is 5.91 Å². The van der Waals surface area contributed by atoms with E-state index in [-0.39, 0.29) is 12.5 Å². The van der Waals surface area contributed by atoms with Gasteiger partial charge in [-0.05, 0) is 30.7 Å². The lowest BCUT2D eigenvalue weighted by molar-refractivity contribution is -0.139. The normalized spacial score (nSPS) is 10.2. The minimum absolute atomic E-state index is 0.0555. The van der Waals surface area contributed by atoms with Gasteiger partial charge in [-0.3, -0.25) is 4.79 Å². The molecule has 0 aliphatic heterocycles. The van der Waals surface area contributed by atoms with Crippen LogP contribution in [-0.2, 0) is 19.1 Å². The van der Waals surface area contributed by atoms with E-state index >= 15 is 0 Å². The number of hydrogen-bond donors (Lipinski definition) is 2. The fourth-order valence-corrected chi connectivity index (χ4v) is 1.50. The Morgan fingerprint density at radius 2 is 2.00 bits per heavy atom. The number of carboxylic acid groups (broad SMARTS) is 1. The molecule has 0 aliphatic rings. The second-order valence-electron chi connectivity index (χ2n) is 4.25. The van der Waals surface area contributed by atoms with Crippen molar-refractivity contribution in [3.8, 4) is 5.75 Å². The second kappa shape index (κ2) is 8.93. The first-order chi connectivity index (χ1) is 10.0. The van der Waals surface area contributed by atoms with Gasteiger partial charge in [0.25, 0.3) is 0 Å². The largest absolute Gasteiger partial charge is 0.482 e. The predicted octanol–water partition coefficient (Wildman–Crippen LogP) is 1.06. The molecule has 0 aliphatic carbocycles. The quantitative estimate of drug-likeness (QED) is 0.662. The third-order valence-electron chi connectivity index (χ3n) is 2.50. The van der Waals surface area contributed by atoms with Crippen molar-refractivity contribution >= 4 is 17.6 Å². The van der Waals surface area contributed by atoms with E-state index in [0.29, 0.717) is 24.7 Å². The molecule has 1 aromatic carbocycles. The van der Waals surface area contributed by atoms with Crippen LogP contribution in [0.25, 0.3) is 0 Å². The summed E-state index contributed by atoms with van der Waals surface area (Å²) in [7, 11) is 1.56. The maximum absolute atomic E-state index is 11.6. The van der Waals surface area contributed by atoms with Crippen LogP contribution < -0.4 is 10.1 Å². The number of anilines is 1.